The van der Waals surface area contributed by atoms with E-state index in [9.17, 15) is 5.11 Å². The van der Waals surface area contributed by atoms with Crippen LogP contribution in [0.15, 0.2) is 29.2 Å². The Bertz CT molecular complexity index is 371. The summed E-state index contributed by atoms with van der Waals surface area (Å²) in [5, 5.41) is 13.1. The maximum Gasteiger partial charge on any atom is 0.0540 e. The molecule has 0 spiro atoms. The zero-order valence-corrected chi connectivity index (χ0v) is 12.7. The van der Waals surface area contributed by atoms with Gasteiger partial charge in [-0.1, -0.05) is 12.1 Å². The highest BCUT2D eigenvalue weighted by Gasteiger charge is 2.19. The lowest BCUT2D eigenvalue weighted by Crippen LogP contribution is -2.29. The zero-order chi connectivity index (χ0) is 13.7. The van der Waals surface area contributed by atoms with Crippen molar-refractivity contribution < 1.29 is 5.11 Å². The molecule has 0 bridgehead atoms. The van der Waals surface area contributed by atoms with Crippen LogP contribution < -0.4 is 5.32 Å². The summed E-state index contributed by atoms with van der Waals surface area (Å²) in [6, 6.07) is 9.22. The Hall–Kier alpha value is -0.510. The molecule has 0 amide bonds. The minimum absolute atomic E-state index is 0.0484. The molecule has 0 heterocycles. The van der Waals surface area contributed by atoms with Crippen molar-refractivity contribution in [2.75, 3.05) is 12.8 Å². The van der Waals surface area contributed by atoms with Crippen molar-refractivity contribution in [3.8, 4) is 0 Å². The van der Waals surface area contributed by atoms with Gasteiger partial charge in [-0.15, -0.1) is 11.8 Å². The second-order valence-corrected chi connectivity index (χ2v) is 6.46. The van der Waals surface area contributed by atoms with E-state index in [1.54, 1.807) is 11.8 Å². The number of thioether (sulfide) groups is 1. The van der Waals surface area contributed by atoms with Gasteiger partial charge >= 0.3 is 0 Å². The van der Waals surface area contributed by atoms with Gasteiger partial charge in [0.15, 0.2) is 0 Å². The highest BCUT2D eigenvalue weighted by Crippen LogP contribution is 2.24. The maximum atomic E-state index is 9.51. The van der Waals surface area contributed by atoms with E-state index in [1.165, 1.54) is 10.5 Å². The summed E-state index contributed by atoms with van der Waals surface area (Å²) < 4.78 is 0. The van der Waals surface area contributed by atoms with E-state index in [0.29, 0.717) is 6.04 Å². The predicted molar refractivity (Wildman–Crippen MR) is 82.6 cm³/mol. The van der Waals surface area contributed by atoms with Gasteiger partial charge in [0.25, 0.3) is 0 Å². The third kappa shape index (κ3) is 4.51. The average Bonchev–Trinajstić information content (AvgIpc) is 2.46. The van der Waals surface area contributed by atoms with Crippen molar-refractivity contribution in [3.63, 3.8) is 0 Å². The van der Waals surface area contributed by atoms with Gasteiger partial charge in [-0.3, -0.25) is 0 Å². The van der Waals surface area contributed by atoms with E-state index in [1.807, 2.05) is 0 Å². The summed E-state index contributed by atoms with van der Waals surface area (Å²) >= 11 is 1.78. The van der Waals surface area contributed by atoms with Gasteiger partial charge in [0.2, 0.25) is 0 Å². The number of aliphatic hydroxyl groups is 1. The third-order valence-corrected chi connectivity index (χ3v) is 4.89. The molecular formula is C16H25NOS. The molecule has 1 aliphatic carbocycles. The van der Waals surface area contributed by atoms with Gasteiger partial charge in [0.1, 0.15) is 0 Å². The first-order chi connectivity index (χ1) is 9.19. The summed E-state index contributed by atoms with van der Waals surface area (Å²) in [5.41, 5.74) is 1.36. The molecule has 1 aromatic carbocycles. The van der Waals surface area contributed by atoms with Crippen molar-refractivity contribution in [1.29, 1.82) is 0 Å². The summed E-state index contributed by atoms with van der Waals surface area (Å²) in [6.45, 7) is 3.30. The fourth-order valence-electron chi connectivity index (χ4n) is 2.70. The third-order valence-electron chi connectivity index (χ3n) is 4.14. The number of aliphatic hydroxyl groups excluding tert-OH is 1. The molecule has 0 saturated heterocycles. The van der Waals surface area contributed by atoms with Crippen molar-refractivity contribution in [1.82, 2.24) is 5.32 Å². The lowest BCUT2D eigenvalue weighted by Gasteiger charge is -2.27. The van der Waals surface area contributed by atoms with Gasteiger partial charge < -0.3 is 10.4 Å². The Balaban J connectivity index is 1.78. The molecule has 2 nitrogen and oxygen atoms in total. The minimum atomic E-state index is -0.0484. The van der Waals surface area contributed by atoms with Crippen molar-refractivity contribution in [2.24, 2.45) is 5.92 Å². The average molecular weight is 279 g/mol. The predicted octanol–water partition coefficient (Wildman–Crippen LogP) is 3.61. The summed E-state index contributed by atoms with van der Waals surface area (Å²) in [7, 11) is 0. The Kier molecular flexibility index (Phi) is 5.74. The molecule has 1 unspecified atom stereocenters. The Labute approximate surface area is 121 Å². The lowest BCUT2D eigenvalue weighted by atomic mass is 9.87. The van der Waals surface area contributed by atoms with E-state index < -0.39 is 0 Å². The lowest BCUT2D eigenvalue weighted by molar-refractivity contribution is 0.108. The molecule has 1 atom stereocenters. The second kappa shape index (κ2) is 7.32. The number of rotatable bonds is 5. The first-order valence-corrected chi connectivity index (χ1v) is 8.47. The maximum absolute atomic E-state index is 9.51. The quantitative estimate of drug-likeness (QED) is 0.808. The number of nitrogens with one attached hydrogen (secondary N) is 1. The van der Waals surface area contributed by atoms with Gasteiger partial charge in [-0.2, -0.15) is 0 Å². The van der Waals surface area contributed by atoms with Crippen LogP contribution in [0.2, 0.25) is 0 Å². The minimum Gasteiger partial charge on any atom is -0.393 e. The van der Waals surface area contributed by atoms with E-state index >= 15 is 0 Å². The van der Waals surface area contributed by atoms with Crippen LogP contribution in [0.25, 0.3) is 0 Å². The highest BCUT2D eigenvalue weighted by molar-refractivity contribution is 7.98. The largest absolute Gasteiger partial charge is 0.393 e. The Morgan fingerprint density at radius 2 is 1.84 bits per heavy atom. The molecule has 2 rings (SSSR count). The molecule has 2 N–H and O–H groups in total. The Morgan fingerprint density at radius 3 is 2.42 bits per heavy atom. The van der Waals surface area contributed by atoms with Crippen LogP contribution in [0, 0.1) is 5.92 Å². The second-order valence-electron chi connectivity index (χ2n) is 5.58. The molecule has 1 aliphatic rings. The monoisotopic (exact) mass is 279 g/mol. The van der Waals surface area contributed by atoms with Gasteiger partial charge in [-0.25, -0.2) is 0 Å². The molecule has 3 heteroatoms. The van der Waals surface area contributed by atoms with Crippen molar-refractivity contribution in [3.05, 3.63) is 29.8 Å². The van der Waals surface area contributed by atoms with Crippen molar-refractivity contribution in [2.45, 2.75) is 49.6 Å². The Morgan fingerprint density at radius 1 is 1.21 bits per heavy atom. The number of hydrogen-bond acceptors (Lipinski definition) is 3. The number of benzene rings is 1. The first-order valence-electron chi connectivity index (χ1n) is 7.24. The van der Waals surface area contributed by atoms with Crippen LogP contribution in [0.1, 0.15) is 44.2 Å². The van der Waals surface area contributed by atoms with E-state index in [4.69, 9.17) is 0 Å². The molecule has 106 valence electrons. The highest BCUT2D eigenvalue weighted by atomic mass is 32.2. The zero-order valence-electron chi connectivity index (χ0n) is 11.9. The van der Waals surface area contributed by atoms with Crippen LogP contribution in [0.4, 0.5) is 0 Å². The summed E-state index contributed by atoms with van der Waals surface area (Å²) in [4.78, 5) is 1.32. The molecule has 1 saturated carbocycles. The van der Waals surface area contributed by atoms with Crippen LogP contribution in [0.3, 0.4) is 0 Å². The fraction of sp³-hybridized carbons (Fsp3) is 0.625. The number of hydrogen-bond donors (Lipinski definition) is 2. The first kappa shape index (κ1) is 14.9. The molecule has 1 fully saturated rings. The van der Waals surface area contributed by atoms with Crippen LogP contribution >= 0.6 is 11.8 Å². The van der Waals surface area contributed by atoms with E-state index in [0.717, 1.165) is 38.1 Å². The summed E-state index contributed by atoms with van der Waals surface area (Å²) in [6.07, 6.45) is 6.33. The molecular weight excluding hydrogens is 254 g/mol. The van der Waals surface area contributed by atoms with Crippen LogP contribution in [0.5, 0.6) is 0 Å². The van der Waals surface area contributed by atoms with Crippen molar-refractivity contribution >= 4 is 11.8 Å². The van der Waals surface area contributed by atoms with Crippen LogP contribution in [-0.2, 0) is 0 Å². The summed E-state index contributed by atoms with van der Waals surface area (Å²) in [5.74, 6) is 0.733. The van der Waals surface area contributed by atoms with E-state index in [-0.39, 0.29) is 6.10 Å². The molecule has 0 aliphatic heterocycles. The molecule has 0 radical (unpaired) electrons. The SMILES string of the molecule is CSc1ccc(C(C)NCC2CCC(O)CC2)cc1. The standard InChI is InChI=1S/C16H25NOS/c1-12(14-5-9-16(19-2)10-6-14)17-11-13-3-7-15(18)8-4-13/h5-6,9-10,12-13,15,17-18H,3-4,7-8,11H2,1-2H3. The van der Waals surface area contributed by atoms with Gasteiger partial charge in [-0.05, 0) is 69.0 Å². The topological polar surface area (TPSA) is 32.3 Å². The molecule has 0 aromatic heterocycles. The van der Waals surface area contributed by atoms with Gasteiger partial charge in [0, 0.05) is 10.9 Å². The fourth-order valence-corrected chi connectivity index (χ4v) is 3.11. The van der Waals surface area contributed by atoms with Crippen LogP contribution in [-0.4, -0.2) is 24.0 Å². The van der Waals surface area contributed by atoms with Gasteiger partial charge in [0.05, 0.1) is 6.10 Å². The smallest absolute Gasteiger partial charge is 0.0540 e. The van der Waals surface area contributed by atoms with E-state index in [2.05, 4.69) is 42.8 Å². The molecule has 1 aromatic rings. The normalized spacial score (nSPS) is 25.2. The molecule has 19 heavy (non-hydrogen) atoms.